The van der Waals surface area contributed by atoms with Crippen LogP contribution in [0, 0.1) is 5.41 Å². The average Bonchev–Trinajstić information content (AvgIpc) is 1.84. The van der Waals surface area contributed by atoms with Gasteiger partial charge in [-0.05, 0) is 25.2 Å². The quantitative estimate of drug-likeness (QED) is 0.521. The summed E-state index contributed by atoms with van der Waals surface area (Å²) in [5.74, 6) is 0. The smallest absolute Gasteiger partial charge is 0.0299 e. The van der Waals surface area contributed by atoms with E-state index in [0.29, 0.717) is 5.41 Å². The highest BCUT2D eigenvalue weighted by atomic mass is 14.2. The molecule has 0 nitrogen and oxygen atoms in total. The summed E-state index contributed by atoms with van der Waals surface area (Å²) in [7, 11) is 0. The van der Waals surface area contributed by atoms with Crippen molar-refractivity contribution in [3.8, 4) is 0 Å². The molecule has 0 aromatic heterocycles. The minimum atomic E-state index is 0.515. The highest BCUT2D eigenvalue weighted by molar-refractivity contribution is 4.84. The standard InChI is InChI=1S/C10H20/c1-5-7-9-10(3,4)8-6-2/h5,7H,6,8-9H2,1-4H3/b7-5+. The van der Waals surface area contributed by atoms with E-state index in [0.717, 1.165) is 0 Å². The van der Waals surface area contributed by atoms with E-state index in [4.69, 9.17) is 0 Å². The first kappa shape index (κ1) is 9.74. The van der Waals surface area contributed by atoms with E-state index >= 15 is 0 Å². The highest BCUT2D eigenvalue weighted by Gasteiger charge is 2.13. The molecule has 0 rings (SSSR count). The zero-order valence-corrected chi connectivity index (χ0v) is 7.78. The monoisotopic (exact) mass is 140 g/mol. The van der Waals surface area contributed by atoms with Crippen molar-refractivity contribution in [1.29, 1.82) is 0 Å². The molecule has 0 saturated heterocycles. The van der Waals surface area contributed by atoms with Crippen LogP contribution in [0.5, 0.6) is 0 Å². The molecule has 0 bridgehead atoms. The summed E-state index contributed by atoms with van der Waals surface area (Å²) in [5.41, 5.74) is 0.515. The summed E-state index contributed by atoms with van der Waals surface area (Å²) in [6, 6.07) is 0. The largest absolute Gasteiger partial charge is 0.0916 e. The van der Waals surface area contributed by atoms with E-state index in [1.807, 2.05) is 0 Å². The molecule has 0 aliphatic heterocycles. The third kappa shape index (κ3) is 4.60. The van der Waals surface area contributed by atoms with Crippen LogP contribution < -0.4 is 0 Å². The maximum atomic E-state index is 2.33. The Morgan fingerprint density at radius 2 is 1.90 bits per heavy atom. The van der Waals surface area contributed by atoms with Gasteiger partial charge in [-0.3, -0.25) is 0 Å². The molecule has 0 amide bonds. The van der Waals surface area contributed by atoms with Crippen LogP contribution in [0.1, 0.15) is 47.0 Å². The first-order valence-electron chi connectivity index (χ1n) is 4.23. The molecule has 0 aliphatic carbocycles. The molecular weight excluding hydrogens is 120 g/mol. The number of hydrogen-bond donors (Lipinski definition) is 0. The molecule has 0 aromatic rings. The van der Waals surface area contributed by atoms with Crippen molar-refractivity contribution in [2.24, 2.45) is 5.41 Å². The molecule has 0 radical (unpaired) electrons. The van der Waals surface area contributed by atoms with Gasteiger partial charge in [0, 0.05) is 0 Å². The lowest BCUT2D eigenvalue weighted by Crippen LogP contribution is -2.08. The second-order valence-corrected chi connectivity index (χ2v) is 3.69. The van der Waals surface area contributed by atoms with E-state index in [9.17, 15) is 0 Å². The van der Waals surface area contributed by atoms with Gasteiger partial charge in [-0.1, -0.05) is 39.3 Å². The van der Waals surface area contributed by atoms with Crippen LogP contribution in [-0.2, 0) is 0 Å². The predicted molar refractivity (Wildman–Crippen MR) is 48.1 cm³/mol. The van der Waals surface area contributed by atoms with E-state index in [1.165, 1.54) is 19.3 Å². The summed E-state index contributed by atoms with van der Waals surface area (Å²) in [4.78, 5) is 0. The lowest BCUT2D eigenvalue weighted by molar-refractivity contribution is 0.336. The fourth-order valence-electron chi connectivity index (χ4n) is 1.22. The zero-order valence-electron chi connectivity index (χ0n) is 7.78. The fraction of sp³-hybridized carbons (Fsp3) is 0.800. The summed E-state index contributed by atoms with van der Waals surface area (Å²) in [6.07, 6.45) is 8.24. The van der Waals surface area contributed by atoms with Gasteiger partial charge in [0.25, 0.3) is 0 Å². The summed E-state index contributed by atoms with van der Waals surface area (Å²) >= 11 is 0. The highest BCUT2D eigenvalue weighted by Crippen LogP contribution is 2.26. The lowest BCUT2D eigenvalue weighted by atomic mass is 9.85. The van der Waals surface area contributed by atoms with Crippen molar-refractivity contribution >= 4 is 0 Å². The molecule has 10 heavy (non-hydrogen) atoms. The van der Waals surface area contributed by atoms with Crippen LogP contribution in [0.15, 0.2) is 12.2 Å². The molecule has 0 unspecified atom stereocenters. The third-order valence-electron chi connectivity index (χ3n) is 1.83. The van der Waals surface area contributed by atoms with E-state index in [-0.39, 0.29) is 0 Å². The van der Waals surface area contributed by atoms with Crippen molar-refractivity contribution in [1.82, 2.24) is 0 Å². The van der Waals surface area contributed by atoms with Crippen molar-refractivity contribution < 1.29 is 0 Å². The van der Waals surface area contributed by atoms with E-state index in [1.54, 1.807) is 0 Å². The van der Waals surface area contributed by atoms with Crippen molar-refractivity contribution in [3.63, 3.8) is 0 Å². The van der Waals surface area contributed by atoms with Crippen LogP contribution in [-0.4, -0.2) is 0 Å². The summed E-state index contributed by atoms with van der Waals surface area (Å²) in [6.45, 7) is 8.99. The first-order chi connectivity index (χ1) is 4.62. The molecule has 0 fully saturated rings. The van der Waals surface area contributed by atoms with Gasteiger partial charge in [0.2, 0.25) is 0 Å². The van der Waals surface area contributed by atoms with Gasteiger partial charge in [0.1, 0.15) is 0 Å². The molecule has 0 aliphatic rings. The van der Waals surface area contributed by atoms with Gasteiger partial charge in [0.05, 0.1) is 0 Å². The molecule has 0 N–H and O–H groups in total. The lowest BCUT2D eigenvalue weighted by Gasteiger charge is -2.21. The van der Waals surface area contributed by atoms with Gasteiger partial charge in [-0.15, -0.1) is 0 Å². The second-order valence-electron chi connectivity index (χ2n) is 3.69. The maximum absolute atomic E-state index is 2.33. The van der Waals surface area contributed by atoms with Gasteiger partial charge in [-0.25, -0.2) is 0 Å². The van der Waals surface area contributed by atoms with E-state index < -0.39 is 0 Å². The second kappa shape index (κ2) is 4.54. The number of hydrogen-bond acceptors (Lipinski definition) is 0. The Morgan fingerprint density at radius 1 is 1.30 bits per heavy atom. The molecule has 0 saturated carbocycles. The van der Waals surface area contributed by atoms with Crippen LogP contribution in [0.3, 0.4) is 0 Å². The van der Waals surface area contributed by atoms with Gasteiger partial charge in [-0.2, -0.15) is 0 Å². The molecular formula is C10H20. The van der Waals surface area contributed by atoms with Gasteiger partial charge < -0.3 is 0 Å². The van der Waals surface area contributed by atoms with Crippen LogP contribution in [0.4, 0.5) is 0 Å². The third-order valence-corrected chi connectivity index (χ3v) is 1.83. The Morgan fingerprint density at radius 3 is 2.30 bits per heavy atom. The molecule has 0 aromatic carbocycles. The Hall–Kier alpha value is -0.260. The van der Waals surface area contributed by atoms with Crippen LogP contribution >= 0.6 is 0 Å². The van der Waals surface area contributed by atoms with Crippen LogP contribution in [0.25, 0.3) is 0 Å². The Labute approximate surface area is 65.3 Å². The average molecular weight is 140 g/mol. The Kier molecular flexibility index (Phi) is 4.42. The first-order valence-corrected chi connectivity index (χ1v) is 4.23. The summed E-state index contributed by atoms with van der Waals surface area (Å²) in [5, 5.41) is 0. The Bertz CT molecular complexity index is 98.6. The number of rotatable bonds is 4. The number of allylic oxidation sites excluding steroid dienone is 2. The van der Waals surface area contributed by atoms with Crippen LogP contribution in [0.2, 0.25) is 0 Å². The topological polar surface area (TPSA) is 0 Å². The Balaban J connectivity index is 3.62. The normalized spacial score (nSPS) is 12.8. The van der Waals surface area contributed by atoms with E-state index in [2.05, 4.69) is 39.8 Å². The van der Waals surface area contributed by atoms with Crippen molar-refractivity contribution in [2.45, 2.75) is 47.0 Å². The minimum absolute atomic E-state index is 0.515. The SMILES string of the molecule is C/C=C/CC(C)(C)CCC. The molecule has 0 spiro atoms. The molecule has 0 atom stereocenters. The molecule has 0 heterocycles. The fourth-order valence-corrected chi connectivity index (χ4v) is 1.22. The molecule has 60 valence electrons. The van der Waals surface area contributed by atoms with Crippen molar-refractivity contribution in [3.05, 3.63) is 12.2 Å². The van der Waals surface area contributed by atoms with Gasteiger partial charge in [0.15, 0.2) is 0 Å². The van der Waals surface area contributed by atoms with Crippen molar-refractivity contribution in [2.75, 3.05) is 0 Å². The van der Waals surface area contributed by atoms with Gasteiger partial charge >= 0.3 is 0 Å². The minimum Gasteiger partial charge on any atom is -0.0916 e. The molecule has 0 heteroatoms. The maximum Gasteiger partial charge on any atom is -0.0299 e. The predicted octanol–water partition coefficient (Wildman–Crippen LogP) is 3.78. The summed E-state index contributed by atoms with van der Waals surface area (Å²) < 4.78 is 0. The zero-order chi connectivity index (χ0) is 8.04.